The maximum Gasteiger partial charge on any atom is 0.0194 e. The van der Waals surface area contributed by atoms with Crippen molar-refractivity contribution in [1.82, 2.24) is 15.1 Å². The van der Waals surface area contributed by atoms with Crippen molar-refractivity contribution in [2.24, 2.45) is 0 Å². The second-order valence-corrected chi connectivity index (χ2v) is 5.52. The highest BCUT2D eigenvalue weighted by Crippen LogP contribution is 2.14. The van der Waals surface area contributed by atoms with Crippen LogP contribution in [0.2, 0.25) is 0 Å². The Morgan fingerprint density at radius 3 is 2.47 bits per heavy atom. The van der Waals surface area contributed by atoms with Gasteiger partial charge in [-0.2, -0.15) is 0 Å². The van der Waals surface area contributed by atoms with Crippen molar-refractivity contribution in [3.8, 4) is 0 Å². The lowest BCUT2D eigenvalue weighted by Gasteiger charge is -2.36. The Bertz CT molecular complexity index is 182. The molecule has 1 aliphatic rings. The van der Waals surface area contributed by atoms with Gasteiger partial charge in [0.1, 0.15) is 0 Å². The van der Waals surface area contributed by atoms with Gasteiger partial charge in [0.25, 0.3) is 0 Å². The zero-order valence-electron chi connectivity index (χ0n) is 12.2. The van der Waals surface area contributed by atoms with Crippen LogP contribution in [0.25, 0.3) is 0 Å². The molecule has 3 heteroatoms. The lowest BCUT2D eigenvalue weighted by atomic mass is 10.0. The molecule has 0 bridgehead atoms. The Morgan fingerprint density at radius 1 is 1.29 bits per heavy atom. The fraction of sp³-hybridized carbons (Fsp3) is 1.00. The molecular weight excluding hydrogens is 210 g/mol. The van der Waals surface area contributed by atoms with E-state index in [0.717, 1.165) is 12.6 Å². The van der Waals surface area contributed by atoms with Crippen LogP contribution in [0.4, 0.5) is 0 Å². The number of likely N-dealkylation sites (tertiary alicyclic amines) is 1. The molecule has 1 aliphatic heterocycles. The minimum Gasteiger partial charge on any atom is -0.313 e. The van der Waals surface area contributed by atoms with Crippen LogP contribution in [0.5, 0.6) is 0 Å². The van der Waals surface area contributed by atoms with Crippen molar-refractivity contribution in [2.45, 2.75) is 51.6 Å². The number of hydrogen-bond acceptors (Lipinski definition) is 3. The third kappa shape index (κ3) is 5.36. The summed E-state index contributed by atoms with van der Waals surface area (Å²) in [6.45, 7) is 9.30. The molecule has 1 heterocycles. The van der Waals surface area contributed by atoms with E-state index >= 15 is 0 Å². The molecule has 3 nitrogen and oxygen atoms in total. The van der Waals surface area contributed by atoms with E-state index in [9.17, 15) is 0 Å². The second-order valence-electron chi connectivity index (χ2n) is 5.52. The molecule has 17 heavy (non-hydrogen) atoms. The Labute approximate surface area is 108 Å². The lowest BCUT2D eigenvalue weighted by molar-refractivity contribution is 0.133. The molecule has 1 unspecified atom stereocenters. The zero-order valence-corrected chi connectivity index (χ0v) is 12.2. The first kappa shape index (κ1) is 14.9. The highest BCUT2D eigenvalue weighted by atomic mass is 15.2. The molecule has 102 valence electrons. The van der Waals surface area contributed by atoms with Crippen LogP contribution in [0.1, 0.15) is 39.5 Å². The van der Waals surface area contributed by atoms with Gasteiger partial charge in [0, 0.05) is 18.6 Å². The Hall–Kier alpha value is -0.120. The van der Waals surface area contributed by atoms with Crippen molar-refractivity contribution < 1.29 is 0 Å². The summed E-state index contributed by atoms with van der Waals surface area (Å²) in [5.74, 6) is 0. The van der Waals surface area contributed by atoms with E-state index in [-0.39, 0.29) is 0 Å². The molecular formula is C14H31N3. The molecule has 1 fully saturated rings. The van der Waals surface area contributed by atoms with E-state index in [2.05, 4.69) is 43.1 Å². The predicted molar refractivity (Wildman–Crippen MR) is 75.5 cm³/mol. The first-order valence-corrected chi connectivity index (χ1v) is 7.29. The minimum atomic E-state index is 0.676. The fourth-order valence-electron chi connectivity index (χ4n) is 2.83. The molecule has 0 radical (unpaired) electrons. The summed E-state index contributed by atoms with van der Waals surface area (Å²) < 4.78 is 0. The van der Waals surface area contributed by atoms with E-state index in [4.69, 9.17) is 0 Å². The molecule has 0 aromatic heterocycles. The summed E-state index contributed by atoms with van der Waals surface area (Å²) in [6, 6.07) is 1.47. The summed E-state index contributed by atoms with van der Waals surface area (Å²) in [5.41, 5.74) is 0. The van der Waals surface area contributed by atoms with Crippen molar-refractivity contribution in [1.29, 1.82) is 0 Å². The smallest absolute Gasteiger partial charge is 0.0194 e. The molecule has 0 aromatic rings. The van der Waals surface area contributed by atoms with Gasteiger partial charge in [-0.25, -0.2) is 0 Å². The number of nitrogens with one attached hydrogen (secondary N) is 1. The number of nitrogens with zero attached hydrogens (tertiary/aromatic N) is 2. The van der Waals surface area contributed by atoms with E-state index < -0.39 is 0 Å². The Morgan fingerprint density at radius 2 is 1.94 bits per heavy atom. The van der Waals surface area contributed by atoms with E-state index in [1.165, 1.54) is 45.3 Å². The van der Waals surface area contributed by atoms with Crippen LogP contribution in [-0.4, -0.2) is 62.2 Å². The standard InChI is InChI=1S/C14H31N3/c1-5-7-13(15-6-2)12-17(4)14-8-10-16(3)11-9-14/h13-15H,5-12H2,1-4H3. The molecule has 0 aliphatic carbocycles. The number of rotatable bonds is 7. The van der Waals surface area contributed by atoms with Crippen LogP contribution in [0.15, 0.2) is 0 Å². The van der Waals surface area contributed by atoms with Gasteiger partial charge < -0.3 is 15.1 Å². The molecule has 1 rings (SSSR count). The molecule has 0 spiro atoms. The first-order valence-electron chi connectivity index (χ1n) is 7.29. The average molecular weight is 241 g/mol. The van der Waals surface area contributed by atoms with Gasteiger partial charge >= 0.3 is 0 Å². The minimum absolute atomic E-state index is 0.676. The van der Waals surface area contributed by atoms with Crippen LogP contribution in [0, 0.1) is 0 Å². The summed E-state index contributed by atoms with van der Waals surface area (Å²) in [6.07, 6.45) is 5.24. The van der Waals surface area contributed by atoms with Crippen molar-refractivity contribution in [3.63, 3.8) is 0 Å². The summed E-state index contributed by atoms with van der Waals surface area (Å²) in [4.78, 5) is 5.02. The first-order chi connectivity index (χ1) is 8.17. The Kier molecular flexibility index (Phi) is 7.09. The lowest BCUT2D eigenvalue weighted by Crippen LogP contribution is -2.47. The number of hydrogen-bond donors (Lipinski definition) is 1. The fourth-order valence-corrected chi connectivity index (χ4v) is 2.83. The van der Waals surface area contributed by atoms with Gasteiger partial charge in [0.15, 0.2) is 0 Å². The molecule has 1 atom stereocenters. The maximum absolute atomic E-state index is 3.61. The van der Waals surface area contributed by atoms with Crippen molar-refractivity contribution in [2.75, 3.05) is 40.3 Å². The Balaban J connectivity index is 2.32. The maximum atomic E-state index is 3.61. The van der Waals surface area contributed by atoms with Crippen molar-refractivity contribution >= 4 is 0 Å². The van der Waals surface area contributed by atoms with Gasteiger partial charge in [-0.05, 0) is 53.0 Å². The summed E-state index contributed by atoms with van der Waals surface area (Å²) >= 11 is 0. The zero-order chi connectivity index (χ0) is 12.7. The van der Waals surface area contributed by atoms with Gasteiger partial charge in [0.05, 0.1) is 0 Å². The van der Waals surface area contributed by atoms with Crippen molar-refractivity contribution in [3.05, 3.63) is 0 Å². The van der Waals surface area contributed by atoms with Crippen LogP contribution in [0.3, 0.4) is 0 Å². The van der Waals surface area contributed by atoms with Crippen LogP contribution >= 0.6 is 0 Å². The molecule has 0 saturated carbocycles. The predicted octanol–water partition coefficient (Wildman–Crippen LogP) is 1.79. The second kappa shape index (κ2) is 8.06. The number of piperidine rings is 1. The van der Waals surface area contributed by atoms with E-state index in [1.54, 1.807) is 0 Å². The summed E-state index contributed by atoms with van der Waals surface area (Å²) in [5, 5.41) is 3.61. The normalized spacial score (nSPS) is 21.0. The van der Waals surface area contributed by atoms with Gasteiger partial charge in [-0.3, -0.25) is 0 Å². The van der Waals surface area contributed by atoms with E-state index in [1.807, 2.05) is 0 Å². The molecule has 0 amide bonds. The SMILES string of the molecule is CCCC(CN(C)C1CCN(C)CC1)NCC. The molecule has 0 aromatic carbocycles. The molecule has 1 N–H and O–H groups in total. The highest BCUT2D eigenvalue weighted by Gasteiger charge is 2.22. The third-order valence-corrected chi connectivity index (χ3v) is 3.95. The highest BCUT2D eigenvalue weighted by molar-refractivity contribution is 4.80. The monoisotopic (exact) mass is 241 g/mol. The van der Waals surface area contributed by atoms with Crippen LogP contribution in [-0.2, 0) is 0 Å². The summed E-state index contributed by atoms with van der Waals surface area (Å²) in [7, 11) is 4.53. The molecule has 1 saturated heterocycles. The number of likely N-dealkylation sites (N-methyl/N-ethyl adjacent to an activating group) is 2. The van der Waals surface area contributed by atoms with Gasteiger partial charge in [0.2, 0.25) is 0 Å². The van der Waals surface area contributed by atoms with E-state index in [0.29, 0.717) is 6.04 Å². The quantitative estimate of drug-likeness (QED) is 0.733. The van der Waals surface area contributed by atoms with Crippen LogP contribution < -0.4 is 5.32 Å². The largest absolute Gasteiger partial charge is 0.313 e. The van der Waals surface area contributed by atoms with Gasteiger partial charge in [-0.1, -0.05) is 20.3 Å². The van der Waals surface area contributed by atoms with Gasteiger partial charge in [-0.15, -0.1) is 0 Å². The topological polar surface area (TPSA) is 18.5 Å². The average Bonchev–Trinajstić information content (AvgIpc) is 2.30. The third-order valence-electron chi connectivity index (χ3n) is 3.95.